The van der Waals surface area contributed by atoms with E-state index in [4.69, 9.17) is 10.8 Å². The van der Waals surface area contributed by atoms with Crippen LogP contribution in [0, 0.1) is 6.92 Å². The number of benzene rings is 1. The SMILES string of the molecule is CCC(CC)N(CCO)CC(=O)Nc1ccc(C)cc1N. The lowest BCUT2D eigenvalue weighted by Gasteiger charge is -2.29. The standard InChI is InChI=1S/C16H27N3O2/c1-4-13(5-2)19(8-9-20)11-16(21)18-15-7-6-12(3)10-14(15)17/h6-7,10,13,20H,4-5,8-9,11,17H2,1-3H3,(H,18,21). The molecule has 4 N–H and O–H groups in total. The number of aliphatic hydroxyl groups is 1. The van der Waals surface area contributed by atoms with Crippen molar-refractivity contribution in [2.24, 2.45) is 0 Å². The molecule has 0 radical (unpaired) electrons. The normalized spacial score (nSPS) is 11.1. The highest BCUT2D eigenvalue weighted by Gasteiger charge is 2.18. The maximum absolute atomic E-state index is 12.2. The van der Waals surface area contributed by atoms with Crippen LogP contribution in [0.15, 0.2) is 18.2 Å². The minimum absolute atomic E-state index is 0.0520. The van der Waals surface area contributed by atoms with Gasteiger partial charge in [-0.2, -0.15) is 0 Å². The lowest BCUT2D eigenvalue weighted by Crippen LogP contribution is -2.42. The van der Waals surface area contributed by atoms with E-state index >= 15 is 0 Å². The van der Waals surface area contributed by atoms with Gasteiger partial charge in [0.2, 0.25) is 5.91 Å². The summed E-state index contributed by atoms with van der Waals surface area (Å²) < 4.78 is 0. The van der Waals surface area contributed by atoms with E-state index in [1.807, 2.05) is 30.0 Å². The van der Waals surface area contributed by atoms with Crippen molar-refractivity contribution in [3.8, 4) is 0 Å². The molecule has 0 aliphatic carbocycles. The van der Waals surface area contributed by atoms with Crippen molar-refractivity contribution < 1.29 is 9.90 Å². The van der Waals surface area contributed by atoms with Gasteiger partial charge in [-0.1, -0.05) is 19.9 Å². The third-order valence-corrected chi connectivity index (χ3v) is 3.67. The number of rotatable bonds is 8. The second-order valence-electron chi connectivity index (χ2n) is 5.30. The van der Waals surface area contributed by atoms with Crippen LogP contribution in [0.5, 0.6) is 0 Å². The highest BCUT2D eigenvalue weighted by molar-refractivity contribution is 5.95. The smallest absolute Gasteiger partial charge is 0.238 e. The van der Waals surface area contributed by atoms with E-state index in [2.05, 4.69) is 19.2 Å². The van der Waals surface area contributed by atoms with E-state index in [9.17, 15) is 4.79 Å². The second kappa shape index (κ2) is 8.64. The Balaban J connectivity index is 2.69. The van der Waals surface area contributed by atoms with E-state index in [-0.39, 0.29) is 19.1 Å². The fourth-order valence-corrected chi connectivity index (χ4v) is 2.49. The molecule has 0 aromatic heterocycles. The minimum atomic E-state index is -0.106. The first-order valence-corrected chi connectivity index (χ1v) is 7.52. The van der Waals surface area contributed by atoms with Crippen molar-refractivity contribution in [3.05, 3.63) is 23.8 Å². The topological polar surface area (TPSA) is 78.6 Å². The van der Waals surface area contributed by atoms with E-state index in [0.29, 0.717) is 24.0 Å². The monoisotopic (exact) mass is 293 g/mol. The molecule has 0 bridgehead atoms. The largest absolute Gasteiger partial charge is 0.397 e. The second-order valence-corrected chi connectivity index (χ2v) is 5.30. The van der Waals surface area contributed by atoms with E-state index in [0.717, 1.165) is 18.4 Å². The van der Waals surface area contributed by atoms with Crippen LogP contribution < -0.4 is 11.1 Å². The van der Waals surface area contributed by atoms with Crippen molar-refractivity contribution in [1.82, 2.24) is 4.90 Å². The molecule has 0 fully saturated rings. The van der Waals surface area contributed by atoms with Crippen molar-refractivity contribution in [2.75, 3.05) is 30.7 Å². The van der Waals surface area contributed by atoms with Gasteiger partial charge in [-0.15, -0.1) is 0 Å². The molecule has 5 heteroatoms. The molecular formula is C16H27N3O2. The molecule has 5 nitrogen and oxygen atoms in total. The number of nitrogens with two attached hydrogens (primary N) is 1. The zero-order valence-electron chi connectivity index (χ0n) is 13.2. The van der Waals surface area contributed by atoms with E-state index < -0.39 is 0 Å². The lowest BCUT2D eigenvalue weighted by molar-refractivity contribution is -0.118. The zero-order chi connectivity index (χ0) is 15.8. The number of hydrogen-bond donors (Lipinski definition) is 3. The number of anilines is 2. The fourth-order valence-electron chi connectivity index (χ4n) is 2.49. The molecule has 0 aliphatic heterocycles. The Hall–Kier alpha value is -1.59. The third-order valence-electron chi connectivity index (χ3n) is 3.67. The summed E-state index contributed by atoms with van der Waals surface area (Å²) in [6, 6.07) is 5.87. The Labute approximate surface area is 127 Å². The number of nitrogen functional groups attached to an aromatic ring is 1. The first kappa shape index (κ1) is 17.5. The van der Waals surface area contributed by atoms with Crippen LogP contribution >= 0.6 is 0 Å². The Morgan fingerprint density at radius 3 is 2.57 bits per heavy atom. The number of carbonyl (C=O) groups excluding carboxylic acids is 1. The molecule has 0 unspecified atom stereocenters. The summed E-state index contributed by atoms with van der Waals surface area (Å²) >= 11 is 0. The van der Waals surface area contributed by atoms with Crippen LogP contribution in [0.3, 0.4) is 0 Å². The predicted molar refractivity (Wildman–Crippen MR) is 87.2 cm³/mol. The molecule has 0 aliphatic rings. The van der Waals surface area contributed by atoms with Crippen molar-refractivity contribution >= 4 is 17.3 Å². The average molecular weight is 293 g/mol. The zero-order valence-corrected chi connectivity index (χ0v) is 13.2. The maximum Gasteiger partial charge on any atom is 0.238 e. The molecule has 118 valence electrons. The quantitative estimate of drug-likeness (QED) is 0.641. The third kappa shape index (κ3) is 5.36. The predicted octanol–water partition coefficient (Wildman–Crippen LogP) is 2.00. The number of hydrogen-bond acceptors (Lipinski definition) is 4. The molecule has 0 spiro atoms. The van der Waals surface area contributed by atoms with Gasteiger partial charge in [-0.3, -0.25) is 9.69 Å². The average Bonchev–Trinajstić information content (AvgIpc) is 2.43. The molecule has 1 aromatic carbocycles. The Kier molecular flexibility index (Phi) is 7.19. The Morgan fingerprint density at radius 2 is 2.05 bits per heavy atom. The van der Waals surface area contributed by atoms with Crippen molar-refractivity contribution in [2.45, 2.75) is 39.7 Å². The van der Waals surface area contributed by atoms with Gasteiger partial charge in [0.05, 0.1) is 24.5 Å². The van der Waals surface area contributed by atoms with Gasteiger partial charge in [-0.05, 0) is 37.5 Å². The van der Waals surface area contributed by atoms with E-state index in [1.54, 1.807) is 0 Å². The summed E-state index contributed by atoms with van der Waals surface area (Å²) in [6.07, 6.45) is 1.91. The van der Waals surface area contributed by atoms with E-state index in [1.165, 1.54) is 0 Å². The summed E-state index contributed by atoms with van der Waals surface area (Å²) in [5, 5.41) is 12.0. The molecule has 0 atom stereocenters. The van der Waals surface area contributed by atoms with Crippen LogP contribution in [-0.2, 0) is 4.79 Å². The minimum Gasteiger partial charge on any atom is -0.397 e. The summed E-state index contributed by atoms with van der Waals surface area (Å²) in [7, 11) is 0. The van der Waals surface area contributed by atoms with Gasteiger partial charge in [0, 0.05) is 12.6 Å². The highest BCUT2D eigenvalue weighted by Crippen LogP contribution is 2.19. The number of nitrogens with one attached hydrogen (secondary N) is 1. The number of nitrogens with zero attached hydrogens (tertiary/aromatic N) is 1. The summed E-state index contributed by atoms with van der Waals surface area (Å²) in [4.78, 5) is 14.2. The maximum atomic E-state index is 12.2. The van der Waals surface area contributed by atoms with Crippen LogP contribution in [0.1, 0.15) is 32.3 Å². The van der Waals surface area contributed by atoms with Gasteiger partial charge in [0.25, 0.3) is 0 Å². The van der Waals surface area contributed by atoms with Gasteiger partial charge in [0.15, 0.2) is 0 Å². The van der Waals surface area contributed by atoms with Gasteiger partial charge < -0.3 is 16.2 Å². The summed E-state index contributed by atoms with van der Waals surface area (Å²) in [5.74, 6) is -0.106. The summed E-state index contributed by atoms with van der Waals surface area (Å²) in [6.45, 7) is 6.96. The lowest BCUT2D eigenvalue weighted by atomic mass is 10.1. The van der Waals surface area contributed by atoms with Crippen LogP contribution in [0.2, 0.25) is 0 Å². The van der Waals surface area contributed by atoms with Crippen LogP contribution in [0.25, 0.3) is 0 Å². The van der Waals surface area contributed by atoms with Crippen molar-refractivity contribution in [1.29, 1.82) is 0 Å². The number of aryl methyl sites for hydroxylation is 1. The molecule has 1 rings (SSSR count). The fraction of sp³-hybridized carbons (Fsp3) is 0.562. The van der Waals surface area contributed by atoms with Gasteiger partial charge in [0.1, 0.15) is 0 Å². The van der Waals surface area contributed by atoms with Gasteiger partial charge in [-0.25, -0.2) is 0 Å². The number of amides is 1. The molecule has 0 saturated carbocycles. The first-order valence-electron chi connectivity index (χ1n) is 7.52. The Bertz CT molecular complexity index is 459. The highest BCUT2D eigenvalue weighted by atomic mass is 16.3. The number of carbonyl (C=O) groups is 1. The molecule has 1 aromatic rings. The molecular weight excluding hydrogens is 266 g/mol. The Morgan fingerprint density at radius 1 is 1.38 bits per heavy atom. The number of aliphatic hydroxyl groups excluding tert-OH is 1. The summed E-state index contributed by atoms with van der Waals surface area (Å²) in [5.41, 5.74) is 8.17. The van der Waals surface area contributed by atoms with Crippen LogP contribution in [0.4, 0.5) is 11.4 Å². The molecule has 1 amide bonds. The molecule has 0 saturated heterocycles. The van der Waals surface area contributed by atoms with Crippen LogP contribution in [-0.4, -0.2) is 41.7 Å². The molecule has 0 heterocycles. The molecule has 21 heavy (non-hydrogen) atoms. The van der Waals surface area contributed by atoms with Crippen molar-refractivity contribution in [3.63, 3.8) is 0 Å². The first-order chi connectivity index (χ1) is 10.0. The van der Waals surface area contributed by atoms with Gasteiger partial charge >= 0.3 is 0 Å².